The van der Waals surface area contributed by atoms with Crippen molar-refractivity contribution < 1.29 is 24.3 Å². The lowest BCUT2D eigenvalue weighted by Crippen LogP contribution is -2.21. The van der Waals surface area contributed by atoms with E-state index >= 15 is 0 Å². The molecule has 0 unspecified atom stereocenters. The number of carbonyl (C=O) groups excluding carboxylic acids is 3. The van der Waals surface area contributed by atoms with Gasteiger partial charge in [-0.25, -0.2) is 19.7 Å². The van der Waals surface area contributed by atoms with Gasteiger partial charge in [0.15, 0.2) is 11.5 Å². The standard InChI is InChI=1S/C14H7N3O2.C8H5NO2.C6H6N2O2/c18-11-8-4-1-2-6-10(8)17-13(11)16-12-9(14(17)19)5-3-7-15-12;10-7-5-3-1-2-4-6(5)9-8(7)11;7-5-4(6(9)10)2-1-3-8-5/h1-7H;1-4H,(H,9,10,11);1-3H,(H2,7,8)(H,9,10). The minimum atomic E-state index is -1.05. The van der Waals surface area contributed by atoms with Gasteiger partial charge in [0, 0.05) is 12.4 Å². The Labute approximate surface area is 224 Å². The SMILES string of the molecule is Nc1ncccc1C(=O)O.O=C1Nc2ccccc2C1=O.O=C1c2ccccc2-n2c1nc1ncccc1c2=O. The summed E-state index contributed by atoms with van der Waals surface area (Å²) in [7, 11) is 0. The van der Waals surface area contributed by atoms with Crippen LogP contribution >= 0.6 is 0 Å². The number of pyridine rings is 2. The Morgan fingerprint density at radius 2 is 1.48 bits per heavy atom. The van der Waals surface area contributed by atoms with Crippen LogP contribution in [0, 0.1) is 0 Å². The van der Waals surface area contributed by atoms with Gasteiger partial charge in [0.2, 0.25) is 5.78 Å². The first-order valence-corrected chi connectivity index (χ1v) is 11.7. The summed E-state index contributed by atoms with van der Waals surface area (Å²) < 4.78 is 1.36. The number of aromatic carboxylic acids is 1. The zero-order valence-corrected chi connectivity index (χ0v) is 20.4. The van der Waals surface area contributed by atoms with Crippen molar-refractivity contribution in [2.24, 2.45) is 0 Å². The predicted octanol–water partition coefficient (Wildman–Crippen LogP) is 2.51. The first-order chi connectivity index (χ1) is 19.3. The fourth-order valence-corrected chi connectivity index (χ4v) is 4.07. The van der Waals surface area contributed by atoms with Crippen LogP contribution in [0.25, 0.3) is 16.7 Å². The highest BCUT2D eigenvalue weighted by molar-refractivity contribution is 6.51. The van der Waals surface area contributed by atoms with E-state index in [-0.39, 0.29) is 28.5 Å². The van der Waals surface area contributed by atoms with E-state index in [2.05, 4.69) is 20.3 Å². The van der Waals surface area contributed by atoms with E-state index in [9.17, 15) is 24.0 Å². The number of fused-ring (bicyclic) bond motifs is 5. The van der Waals surface area contributed by atoms with Crippen LogP contribution in [0.15, 0.2) is 90.0 Å². The second-order valence-electron chi connectivity index (χ2n) is 8.37. The summed E-state index contributed by atoms with van der Waals surface area (Å²) in [5.41, 5.74) is 7.50. The lowest BCUT2D eigenvalue weighted by molar-refractivity contribution is -0.112. The Kier molecular flexibility index (Phi) is 6.64. The second kappa shape index (κ2) is 10.4. The number of para-hydroxylation sites is 2. The van der Waals surface area contributed by atoms with Crippen LogP contribution in [0.3, 0.4) is 0 Å². The van der Waals surface area contributed by atoms with E-state index in [0.717, 1.165) is 0 Å². The molecule has 2 aliphatic rings. The molecular formula is C28H18N6O6. The maximum Gasteiger partial charge on any atom is 0.339 e. The Morgan fingerprint density at radius 3 is 2.17 bits per heavy atom. The summed E-state index contributed by atoms with van der Waals surface area (Å²) in [6.07, 6.45) is 3.00. The number of amides is 1. The molecule has 2 aromatic carbocycles. The normalized spacial score (nSPS) is 12.2. The van der Waals surface area contributed by atoms with Gasteiger partial charge >= 0.3 is 5.97 Å². The van der Waals surface area contributed by atoms with Crippen molar-refractivity contribution in [2.75, 3.05) is 11.1 Å². The number of nitrogens with one attached hydrogen (secondary N) is 1. The molecule has 1 amide bonds. The fraction of sp³-hybridized carbons (Fsp3) is 0. The third-order valence-corrected chi connectivity index (χ3v) is 5.93. The van der Waals surface area contributed by atoms with Crippen LogP contribution < -0.4 is 16.6 Å². The van der Waals surface area contributed by atoms with Gasteiger partial charge < -0.3 is 16.2 Å². The minimum absolute atomic E-state index is 0.0440. The molecule has 0 atom stereocenters. The van der Waals surface area contributed by atoms with Gasteiger partial charge in [-0.3, -0.25) is 23.7 Å². The molecule has 12 nitrogen and oxygen atoms in total. The van der Waals surface area contributed by atoms with E-state index < -0.39 is 17.7 Å². The van der Waals surface area contributed by atoms with E-state index in [4.69, 9.17) is 10.8 Å². The van der Waals surface area contributed by atoms with E-state index in [1.807, 2.05) is 0 Å². The Morgan fingerprint density at radius 1 is 0.800 bits per heavy atom. The number of nitrogens with two attached hydrogens (primary N) is 1. The van der Waals surface area contributed by atoms with Gasteiger partial charge in [0.1, 0.15) is 11.4 Å². The summed E-state index contributed by atoms with van der Waals surface area (Å²) in [5, 5.41) is 11.3. The van der Waals surface area contributed by atoms with Crippen LogP contribution in [-0.2, 0) is 4.79 Å². The molecule has 5 aromatic rings. The molecule has 12 heteroatoms. The van der Waals surface area contributed by atoms with Crippen molar-refractivity contribution in [1.29, 1.82) is 0 Å². The molecule has 0 spiro atoms. The number of nitrogen functional groups attached to an aromatic ring is 1. The quantitative estimate of drug-likeness (QED) is 0.264. The highest BCUT2D eigenvalue weighted by Crippen LogP contribution is 2.25. The first-order valence-electron chi connectivity index (χ1n) is 11.7. The Hall–Kier alpha value is -6.04. The molecule has 0 aliphatic carbocycles. The number of aromatic nitrogens is 4. The summed E-state index contributed by atoms with van der Waals surface area (Å²) in [5.74, 6) is -2.08. The molecule has 4 N–H and O–H groups in total. The number of rotatable bonds is 1. The summed E-state index contributed by atoms with van der Waals surface area (Å²) in [6, 6.07) is 20.1. The predicted molar refractivity (Wildman–Crippen MR) is 144 cm³/mol. The third-order valence-electron chi connectivity index (χ3n) is 5.93. The summed E-state index contributed by atoms with van der Waals surface area (Å²) >= 11 is 0. The van der Waals surface area contributed by atoms with Crippen molar-refractivity contribution in [1.82, 2.24) is 19.5 Å². The van der Waals surface area contributed by atoms with E-state index in [0.29, 0.717) is 33.5 Å². The van der Waals surface area contributed by atoms with Crippen LogP contribution in [0.2, 0.25) is 0 Å². The molecule has 5 heterocycles. The van der Waals surface area contributed by atoms with E-state index in [1.54, 1.807) is 66.9 Å². The molecule has 2 aliphatic heterocycles. The molecule has 40 heavy (non-hydrogen) atoms. The number of hydrogen-bond acceptors (Lipinski definition) is 9. The average Bonchev–Trinajstić information content (AvgIpc) is 3.42. The number of ketones is 2. The number of Topliss-reactive ketones (excluding diaryl/α,β-unsaturated/α-hetero) is 1. The van der Waals surface area contributed by atoms with Crippen molar-refractivity contribution in [3.8, 4) is 5.69 Å². The van der Waals surface area contributed by atoms with Gasteiger partial charge in [-0.2, -0.15) is 0 Å². The van der Waals surface area contributed by atoms with Gasteiger partial charge in [0.05, 0.1) is 27.9 Å². The van der Waals surface area contributed by atoms with E-state index in [1.165, 1.54) is 22.9 Å². The van der Waals surface area contributed by atoms with Crippen molar-refractivity contribution in [3.63, 3.8) is 0 Å². The maximum atomic E-state index is 12.5. The van der Waals surface area contributed by atoms with Crippen molar-refractivity contribution in [2.45, 2.75) is 0 Å². The largest absolute Gasteiger partial charge is 0.478 e. The molecule has 7 rings (SSSR count). The smallest absolute Gasteiger partial charge is 0.339 e. The number of nitrogens with zero attached hydrogens (tertiary/aromatic N) is 4. The fourth-order valence-electron chi connectivity index (χ4n) is 4.07. The van der Waals surface area contributed by atoms with Crippen LogP contribution in [0.1, 0.15) is 36.9 Å². The first kappa shape index (κ1) is 25.6. The monoisotopic (exact) mass is 534 g/mol. The number of hydrogen-bond donors (Lipinski definition) is 3. The average molecular weight is 534 g/mol. The molecular weight excluding hydrogens is 516 g/mol. The lowest BCUT2D eigenvalue weighted by Gasteiger charge is -2.04. The van der Waals surface area contributed by atoms with Gasteiger partial charge in [-0.05, 0) is 48.5 Å². The number of anilines is 2. The Balaban J connectivity index is 0.000000132. The highest BCUT2D eigenvalue weighted by atomic mass is 16.4. The molecule has 0 radical (unpaired) electrons. The molecule has 0 saturated heterocycles. The number of carbonyl (C=O) groups is 4. The van der Waals surface area contributed by atoms with Gasteiger partial charge in [-0.1, -0.05) is 24.3 Å². The van der Waals surface area contributed by atoms with Crippen molar-refractivity contribution >= 4 is 46.0 Å². The summed E-state index contributed by atoms with van der Waals surface area (Å²) in [4.78, 5) is 68.6. The minimum Gasteiger partial charge on any atom is -0.478 e. The molecule has 3 aromatic heterocycles. The number of benzene rings is 2. The maximum absolute atomic E-state index is 12.5. The lowest BCUT2D eigenvalue weighted by atomic mass is 10.1. The second-order valence-corrected chi connectivity index (χ2v) is 8.37. The highest BCUT2D eigenvalue weighted by Gasteiger charge is 2.30. The van der Waals surface area contributed by atoms with Crippen LogP contribution in [0.4, 0.5) is 11.5 Å². The number of carboxylic acid groups (broad SMARTS) is 1. The van der Waals surface area contributed by atoms with Crippen molar-refractivity contribution in [3.05, 3.63) is 118 Å². The zero-order valence-electron chi connectivity index (χ0n) is 20.4. The van der Waals surface area contributed by atoms with Crippen LogP contribution in [-0.4, -0.2) is 48.1 Å². The molecule has 0 bridgehead atoms. The van der Waals surface area contributed by atoms with Gasteiger partial charge in [0.25, 0.3) is 17.2 Å². The molecule has 196 valence electrons. The topological polar surface area (TPSA) is 187 Å². The van der Waals surface area contributed by atoms with Gasteiger partial charge in [-0.15, -0.1) is 0 Å². The number of carboxylic acids is 1. The summed E-state index contributed by atoms with van der Waals surface area (Å²) in [6.45, 7) is 0. The molecule has 0 saturated carbocycles. The molecule has 0 fully saturated rings. The third kappa shape index (κ3) is 4.56. The van der Waals surface area contributed by atoms with Crippen LogP contribution in [0.5, 0.6) is 0 Å². The zero-order chi connectivity index (χ0) is 28.4. The Bertz CT molecular complexity index is 1920.